The number of anilines is 1. The number of amides is 1. The van der Waals surface area contributed by atoms with E-state index in [1.807, 2.05) is 11.8 Å². The van der Waals surface area contributed by atoms with Gasteiger partial charge in [0.1, 0.15) is 6.04 Å². The molecule has 2 heterocycles. The molecule has 1 saturated heterocycles. The Bertz CT molecular complexity index is 619. The lowest BCUT2D eigenvalue weighted by Crippen LogP contribution is -2.44. The van der Waals surface area contributed by atoms with Crippen LogP contribution in [0.4, 0.5) is 11.4 Å². The van der Waals surface area contributed by atoms with E-state index in [0.29, 0.717) is 12.1 Å². The van der Waals surface area contributed by atoms with Crippen LogP contribution in [0.25, 0.3) is 0 Å². The van der Waals surface area contributed by atoms with Crippen molar-refractivity contribution in [2.24, 2.45) is 0 Å². The molecule has 1 aromatic carbocycles. The van der Waals surface area contributed by atoms with Crippen LogP contribution < -0.4 is 4.90 Å². The summed E-state index contributed by atoms with van der Waals surface area (Å²) in [6, 6.07) is 4.19. The smallest absolute Gasteiger partial charge is 0.270 e. The van der Waals surface area contributed by atoms with Gasteiger partial charge in [-0.2, -0.15) is 0 Å². The van der Waals surface area contributed by atoms with Gasteiger partial charge in [-0.15, -0.1) is 0 Å². The summed E-state index contributed by atoms with van der Waals surface area (Å²) in [7, 11) is 0. The summed E-state index contributed by atoms with van der Waals surface area (Å²) in [6.07, 6.45) is 1.25. The number of nitro benzene ring substituents is 1. The molecule has 2 unspecified atom stereocenters. The molecule has 3 rings (SSSR count). The van der Waals surface area contributed by atoms with E-state index >= 15 is 0 Å². The lowest BCUT2D eigenvalue weighted by molar-refractivity contribution is -0.385. The van der Waals surface area contributed by atoms with Crippen LogP contribution in [0.3, 0.4) is 0 Å². The van der Waals surface area contributed by atoms with E-state index in [4.69, 9.17) is 0 Å². The number of aliphatic hydroxyl groups is 1. The van der Waals surface area contributed by atoms with Gasteiger partial charge in [-0.1, -0.05) is 6.92 Å². The number of hydrogen-bond acceptors (Lipinski definition) is 5. The molecule has 2 atom stereocenters. The van der Waals surface area contributed by atoms with E-state index < -0.39 is 11.2 Å². The number of nitro groups is 1. The zero-order chi connectivity index (χ0) is 15.9. The molecule has 0 radical (unpaired) electrons. The third-order valence-electron chi connectivity index (χ3n) is 4.39. The van der Waals surface area contributed by atoms with E-state index in [1.54, 1.807) is 6.07 Å². The van der Waals surface area contributed by atoms with Crippen molar-refractivity contribution >= 4 is 17.3 Å². The largest absolute Gasteiger partial charge is 0.369 e. The SMILES string of the molecule is CCCN1C(=O)C2CCCN2c2ccc([N+](=O)[O-])cc2C1O. The van der Waals surface area contributed by atoms with Crippen LogP contribution in [-0.2, 0) is 4.79 Å². The van der Waals surface area contributed by atoms with Gasteiger partial charge in [0.2, 0.25) is 5.91 Å². The predicted molar refractivity (Wildman–Crippen MR) is 80.4 cm³/mol. The Morgan fingerprint density at radius 1 is 1.45 bits per heavy atom. The van der Waals surface area contributed by atoms with Crippen molar-refractivity contribution in [1.82, 2.24) is 4.90 Å². The van der Waals surface area contributed by atoms with Crippen molar-refractivity contribution < 1.29 is 14.8 Å². The van der Waals surface area contributed by atoms with Gasteiger partial charge >= 0.3 is 0 Å². The number of fused-ring (bicyclic) bond motifs is 3. The molecule has 2 aliphatic heterocycles. The molecule has 0 saturated carbocycles. The van der Waals surface area contributed by atoms with Gasteiger partial charge in [0.15, 0.2) is 6.23 Å². The second-order valence-corrected chi connectivity index (χ2v) is 5.76. The molecule has 118 valence electrons. The Hall–Kier alpha value is -2.15. The lowest BCUT2D eigenvalue weighted by Gasteiger charge is -2.28. The molecule has 22 heavy (non-hydrogen) atoms. The first-order valence-electron chi connectivity index (χ1n) is 7.58. The van der Waals surface area contributed by atoms with Crippen LogP contribution in [0, 0.1) is 10.1 Å². The number of carbonyl (C=O) groups is 1. The van der Waals surface area contributed by atoms with E-state index in [-0.39, 0.29) is 17.6 Å². The highest BCUT2D eigenvalue weighted by Gasteiger charge is 2.41. The van der Waals surface area contributed by atoms with Crippen LogP contribution in [-0.4, -0.2) is 40.0 Å². The molecule has 0 bridgehead atoms. The Balaban J connectivity index is 2.13. The number of carbonyl (C=O) groups excluding carboxylic acids is 1. The van der Waals surface area contributed by atoms with Crippen molar-refractivity contribution in [3.63, 3.8) is 0 Å². The normalized spacial score (nSPS) is 24.0. The van der Waals surface area contributed by atoms with Crippen molar-refractivity contribution in [1.29, 1.82) is 0 Å². The minimum atomic E-state index is -1.13. The third kappa shape index (κ3) is 2.21. The predicted octanol–water partition coefficient (Wildman–Crippen LogP) is 1.81. The maximum Gasteiger partial charge on any atom is 0.270 e. The minimum absolute atomic E-state index is 0.0701. The topological polar surface area (TPSA) is 86.9 Å². The van der Waals surface area contributed by atoms with Crippen molar-refractivity contribution in [3.8, 4) is 0 Å². The summed E-state index contributed by atoms with van der Waals surface area (Å²) >= 11 is 0. The summed E-state index contributed by atoms with van der Waals surface area (Å²) in [4.78, 5) is 26.6. The monoisotopic (exact) mass is 305 g/mol. The highest BCUT2D eigenvalue weighted by Crippen LogP contribution is 2.39. The van der Waals surface area contributed by atoms with Crippen LogP contribution in [0.1, 0.15) is 38.0 Å². The van der Waals surface area contributed by atoms with Crippen LogP contribution in [0.5, 0.6) is 0 Å². The number of benzene rings is 1. The van der Waals surface area contributed by atoms with Gasteiger partial charge in [0.05, 0.1) is 4.92 Å². The lowest BCUT2D eigenvalue weighted by atomic mass is 10.1. The summed E-state index contributed by atoms with van der Waals surface area (Å²) in [6.45, 7) is 3.10. The van der Waals surface area contributed by atoms with E-state index in [2.05, 4.69) is 0 Å². The van der Waals surface area contributed by atoms with Crippen molar-refractivity contribution in [2.75, 3.05) is 18.0 Å². The second kappa shape index (κ2) is 5.57. The molecule has 1 aromatic rings. The Morgan fingerprint density at radius 2 is 2.23 bits per heavy atom. The average molecular weight is 305 g/mol. The Labute approximate surface area is 128 Å². The van der Waals surface area contributed by atoms with E-state index in [1.165, 1.54) is 17.0 Å². The second-order valence-electron chi connectivity index (χ2n) is 5.76. The van der Waals surface area contributed by atoms with E-state index in [9.17, 15) is 20.0 Å². The number of non-ortho nitro benzene ring substituents is 1. The number of aliphatic hydroxyl groups excluding tert-OH is 1. The Kier molecular flexibility index (Phi) is 3.74. The summed E-state index contributed by atoms with van der Waals surface area (Å²) in [5.41, 5.74) is 1.10. The molecular weight excluding hydrogens is 286 g/mol. The molecule has 0 aliphatic carbocycles. The number of hydrogen-bond donors (Lipinski definition) is 1. The van der Waals surface area contributed by atoms with Crippen molar-refractivity contribution in [3.05, 3.63) is 33.9 Å². The quantitative estimate of drug-likeness (QED) is 0.679. The van der Waals surface area contributed by atoms with Gasteiger partial charge in [-0.05, 0) is 25.3 Å². The van der Waals surface area contributed by atoms with Gasteiger partial charge in [-0.25, -0.2) is 0 Å². The maximum absolute atomic E-state index is 12.7. The highest BCUT2D eigenvalue weighted by atomic mass is 16.6. The first-order chi connectivity index (χ1) is 10.5. The number of rotatable bonds is 3. The molecule has 1 amide bonds. The first kappa shape index (κ1) is 14.8. The molecular formula is C15H19N3O4. The fourth-order valence-corrected chi connectivity index (χ4v) is 3.39. The Morgan fingerprint density at radius 3 is 2.91 bits per heavy atom. The molecule has 7 nitrogen and oxygen atoms in total. The number of nitrogens with zero attached hydrogens (tertiary/aromatic N) is 3. The zero-order valence-corrected chi connectivity index (χ0v) is 12.4. The van der Waals surface area contributed by atoms with E-state index in [0.717, 1.165) is 31.5 Å². The first-order valence-corrected chi connectivity index (χ1v) is 7.58. The average Bonchev–Trinajstić information content (AvgIpc) is 2.97. The van der Waals surface area contributed by atoms with Crippen LogP contribution in [0.2, 0.25) is 0 Å². The van der Waals surface area contributed by atoms with Gasteiger partial charge in [0.25, 0.3) is 5.69 Å². The minimum Gasteiger partial charge on any atom is -0.369 e. The molecule has 2 aliphatic rings. The summed E-state index contributed by atoms with van der Waals surface area (Å²) < 4.78 is 0. The summed E-state index contributed by atoms with van der Waals surface area (Å²) in [5, 5.41) is 21.6. The summed E-state index contributed by atoms with van der Waals surface area (Å²) in [5.74, 6) is -0.0919. The zero-order valence-electron chi connectivity index (χ0n) is 12.4. The fraction of sp³-hybridized carbons (Fsp3) is 0.533. The van der Waals surface area contributed by atoms with Crippen molar-refractivity contribution in [2.45, 2.75) is 38.5 Å². The maximum atomic E-state index is 12.7. The van der Waals surface area contributed by atoms with Crippen LogP contribution in [0.15, 0.2) is 18.2 Å². The molecule has 0 spiro atoms. The van der Waals surface area contributed by atoms with Gasteiger partial charge in [0, 0.05) is 36.5 Å². The standard InChI is InChI=1S/C15H19N3O4/c1-2-7-17-14(19)11-9-10(18(21)22)5-6-12(11)16-8-3-4-13(16)15(17)20/h5-6,9,13-14,19H,2-4,7-8H2,1H3. The van der Waals surface area contributed by atoms with Gasteiger partial charge in [-0.3, -0.25) is 14.9 Å². The third-order valence-corrected chi connectivity index (χ3v) is 4.39. The van der Waals surface area contributed by atoms with Gasteiger partial charge < -0.3 is 14.9 Å². The molecule has 1 N–H and O–H groups in total. The van der Waals surface area contributed by atoms with Crippen LogP contribution >= 0.6 is 0 Å². The molecule has 0 aromatic heterocycles. The fourth-order valence-electron chi connectivity index (χ4n) is 3.39. The highest BCUT2D eigenvalue weighted by molar-refractivity contribution is 5.88. The molecule has 7 heteroatoms. The molecule has 1 fully saturated rings.